The lowest BCUT2D eigenvalue weighted by atomic mass is 10.1. The van der Waals surface area contributed by atoms with E-state index in [1.165, 1.54) is 11.3 Å². The lowest BCUT2D eigenvalue weighted by Gasteiger charge is -2.07. The Morgan fingerprint density at radius 3 is 2.86 bits per heavy atom. The van der Waals surface area contributed by atoms with E-state index in [4.69, 9.17) is 9.97 Å². The van der Waals surface area contributed by atoms with E-state index in [1.54, 1.807) is 29.4 Å². The number of carbonyl (C=O) groups excluding carboxylic acids is 1. The minimum Gasteiger partial charge on any atom is -0.298 e. The second-order valence-electron chi connectivity index (χ2n) is 8.72. The summed E-state index contributed by atoms with van der Waals surface area (Å²) in [6.07, 6.45) is 9.23. The van der Waals surface area contributed by atoms with Crippen LogP contribution in [0.15, 0.2) is 55.1 Å². The van der Waals surface area contributed by atoms with Crippen molar-refractivity contribution in [1.82, 2.24) is 39.7 Å². The number of hydrogen-bond donors (Lipinski definition) is 2. The molecule has 0 unspecified atom stereocenters. The number of hydrogen-bond acceptors (Lipinski definition) is 7. The fraction of sp³-hybridized carbons (Fsp3) is 0.154. The van der Waals surface area contributed by atoms with Crippen molar-refractivity contribution < 1.29 is 4.79 Å². The van der Waals surface area contributed by atoms with E-state index in [0.29, 0.717) is 17.6 Å². The van der Waals surface area contributed by atoms with Gasteiger partial charge in [-0.3, -0.25) is 34.5 Å². The molecule has 0 aromatic carbocycles. The molecule has 7 rings (SSSR count). The van der Waals surface area contributed by atoms with Crippen molar-refractivity contribution in [3.63, 3.8) is 0 Å². The third-order valence-corrected chi connectivity index (χ3v) is 7.46. The average Bonchev–Trinajstić information content (AvgIpc) is 3.64. The predicted octanol–water partition coefficient (Wildman–Crippen LogP) is 6.01. The van der Waals surface area contributed by atoms with Crippen LogP contribution < -0.4 is 0 Å². The number of H-pyrrole nitrogens is 2. The number of nitrogens with zero attached hydrogens (tertiary/aromatic N) is 6. The van der Waals surface area contributed by atoms with Gasteiger partial charge in [0.15, 0.2) is 5.65 Å². The molecule has 8 bridgehead atoms. The van der Waals surface area contributed by atoms with Gasteiger partial charge in [0.25, 0.3) is 0 Å². The molecule has 9 nitrogen and oxygen atoms in total. The van der Waals surface area contributed by atoms with Crippen LogP contribution in [0.2, 0.25) is 0 Å². The zero-order valence-corrected chi connectivity index (χ0v) is 20.1. The summed E-state index contributed by atoms with van der Waals surface area (Å²) in [6, 6.07) is 9.78. The van der Waals surface area contributed by atoms with E-state index in [9.17, 15) is 4.79 Å². The number of aromatic nitrogens is 8. The van der Waals surface area contributed by atoms with Gasteiger partial charge in [-0.05, 0) is 36.8 Å². The van der Waals surface area contributed by atoms with E-state index < -0.39 is 0 Å². The molecule has 0 spiro atoms. The highest BCUT2D eigenvalue weighted by molar-refractivity contribution is 7.24. The number of rotatable bonds is 3. The summed E-state index contributed by atoms with van der Waals surface area (Å²) in [6.45, 7) is 2.08. The lowest BCUT2D eigenvalue weighted by Crippen LogP contribution is -2.10. The van der Waals surface area contributed by atoms with Gasteiger partial charge in [-0.15, -0.1) is 11.3 Å². The average molecular weight is 493 g/mol. The van der Waals surface area contributed by atoms with Gasteiger partial charge in [0.1, 0.15) is 21.6 Å². The van der Waals surface area contributed by atoms with E-state index in [0.717, 1.165) is 66.6 Å². The number of carbonyl (C=O) groups is 1. The van der Waals surface area contributed by atoms with E-state index >= 15 is 0 Å². The minimum atomic E-state index is 0.0287. The van der Waals surface area contributed by atoms with Crippen LogP contribution in [0.25, 0.3) is 64.9 Å². The maximum Gasteiger partial charge on any atom is 0.232 e. The molecule has 10 heteroatoms. The quantitative estimate of drug-likeness (QED) is 0.312. The Labute approximate surface area is 207 Å². The number of fused-ring (bicyclic) bond motifs is 9. The molecule has 0 amide bonds. The fourth-order valence-electron chi connectivity index (χ4n) is 4.57. The molecule has 2 aliphatic rings. The van der Waals surface area contributed by atoms with Crippen LogP contribution in [0, 0.1) is 0 Å². The van der Waals surface area contributed by atoms with Crippen molar-refractivity contribution in [2.45, 2.75) is 26.2 Å². The first kappa shape index (κ1) is 20.9. The van der Waals surface area contributed by atoms with Gasteiger partial charge in [-0.25, -0.2) is 9.97 Å². The fourth-order valence-corrected chi connectivity index (χ4v) is 5.62. The summed E-state index contributed by atoms with van der Waals surface area (Å²) in [5.41, 5.74) is 6.79. The molecule has 2 aliphatic heterocycles. The Morgan fingerprint density at radius 2 is 1.94 bits per heavy atom. The monoisotopic (exact) mass is 492 g/mol. The second-order valence-corrected chi connectivity index (χ2v) is 9.78. The maximum absolute atomic E-state index is 13.5. The van der Waals surface area contributed by atoms with Crippen molar-refractivity contribution in [3.05, 3.63) is 55.1 Å². The summed E-state index contributed by atoms with van der Waals surface area (Å²) < 4.78 is 2.68. The Kier molecular flexibility index (Phi) is 4.68. The molecule has 0 atom stereocenters. The lowest BCUT2D eigenvalue weighted by molar-refractivity contribution is 0.0909. The van der Waals surface area contributed by atoms with Crippen molar-refractivity contribution >= 4 is 70.9 Å². The van der Waals surface area contributed by atoms with Crippen LogP contribution in [0.1, 0.15) is 31.0 Å². The van der Waals surface area contributed by atoms with E-state index in [1.807, 2.05) is 30.3 Å². The first-order chi connectivity index (χ1) is 17.7. The summed E-state index contributed by atoms with van der Waals surface area (Å²) >= 11 is 1.50. The third-order valence-electron chi connectivity index (χ3n) is 6.38. The zero-order valence-electron chi connectivity index (χ0n) is 19.3. The van der Waals surface area contributed by atoms with Crippen molar-refractivity contribution in [3.8, 4) is 11.3 Å². The molecule has 0 aliphatic carbocycles. The smallest absolute Gasteiger partial charge is 0.232 e. The molecular formula is C26H20N8OS. The number of pyridine rings is 3. The van der Waals surface area contributed by atoms with Crippen LogP contribution in [-0.4, -0.2) is 45.6 Å². The highest BCUT2D eigenvalue weighted by atomic mass is 32.1. The van der Waals surface area contributed by atoms with Crippen LogP contribution in [-0.2, 0) is 0 Å². The van der Waals surface area contributed by atoms with Crippen molar-refractivity contribution in [2.24, 2.45) is 0 Å². The first-order valence-corrected chi connectivity index (χ1v) is 12.6. The topological polar surface area (TPSA) is 118 Å². The summed E-state index contributed by atoms with van der Waals surface area (Å²) in [5.74, 6) is 0.0287. The zero-order chi connectivity index (χ0) is 24.2. The molecule has 7 heterocycles. The van der Waals surface area contributed by atoms with Gasteiger partial charge in [-0.2, -0.15) is 0 Å². The molecule has 176 valence electrons. The largest absolute Gasteiger partial charge is 0.298 e. The SMILES string of the molecule is CCCCC(=O)n1c2cncc(c2)c2cc3c(cn2)[nH][nH]c-3c2nc3ccnc(c4ccc1s4)c3n2. The first-order valence-electron chi connectivity index (χ1n) is 11.8. The Bertz CT molecular complexity index is 1980. The molecule has 0 saturated carbocycles. The highest BCUT2D eigenvalue weighted by Gasteiger charge is 2.16. The summed E-state index contributed by atoms with van der Waals surface area (Å²) in [7, 11) is 0. The van der Waals surface area contributed by atoms with Crippen molar-refractivity contribution in [2.75, 3.05) is 0 Å². The van der Waals surface area contributed by atoms with Gasteiger partial charge in [0.05, 0.1) is 39.2 Å². The highest BCUT2D eigenvalue weighted by Crippen LogP contribution is 2.32. The van der Waals surface area contributed by atoms with Gasteiger partial charge < -0.3 is 0 Å². The summed E-state index contributed by atoms with van der Waals surface area (Å²) in [4.78, 5) is 37.7. The Morgan fingerprint density at radius 1 is 1.00 bits per heavy atom. The second kappa shape index (κ2) is 8.06. The van der Waals surface area contributed by atoms with Gasteiger partial charge in [-0.1, -0.05) is 13.3 Å². The van der Waals surface area contributed by atoms with Crippen LogP contribution in [0.4, 0.5) is 0 Å². The number of aromatic amines is 2. The molecular weight excluding hydrogens is 472 g/mol. The van der Waals surface area contributed by atoms with Crippen LogP contribution in [0.3, 0.4) is 0 Å². The standard InChI is InChI=1S/C26H20N8OS/c1-2-3-4-21(35)34-15-9-14(11-27-12-15)18-10-16-19(13-29-18)32-33-23(16)26-30-17-7-8-28-25(24(17)31-26)20-5-6-22(34)36-20/h5-13,32-33H,2-4H2,1H3. The minimum absolute atomic E-state index is 0.0287. The molecule has 5 aromatic rings. The number of thiophene rings is 1. The van der Waals surface area contributed by atoms with E-state index in [-0.39, 0.29) is 5.91 Å². The molecule has 0 fully saturated rings. The van der Waals surface area contributed by atoms with Crippen LogP contribution in [0.5, 0.6) is 0 Å². The van der Waals surface area contributed by atoms with Crippen LogP contribution >= 0.6 is 11.3 Å². The normalized spacial score (nSPS) is 11.9. The maximum atomic E-state index is 13.5. The summed E-state index contributed by atoms with van der Waals surface area (Å²) in [5, 5.41) is 7.19. The molecule has 36 heavy (non-hydrogen) atoms. The molecule has 0 radical (unpaired) electrons. The predicted molar refractivity (Wildman–Crippen MR) is 142 cm³/mol. The number of imidazole rings is 1. The number of unbranched alkanes of at least 4 members (excludes halogenated alkanes) is 1. The van der Waals surface area contributed by atoms with Gasteiger partial charge >= 0.3 is 0 Å². The molecule has 2 N–H and O–H groups in total. The Hall–Kier alpha value is -4.44. The van der Waals surface area contributed by atoms with E-state index in [2.05, 4.69) is 32.1 Å². The van der Waals surface area contributed by atoms with Gasteiger partial charge in [0, 0.05) is 29.8 Å². The third kappa shape index (κ3) is 3.22. The molecule has 0 saturated heterocycles. The number of nitrogens with one attached hydrogen (secondary N) is 2. The van der Waals surface area contributed by atoms with Gasteiger partial charge in [0.2, 0.25) is 5.91 Å². The van der Waals surface area contributed by atoms with Crippen molar-refractivity contribution in [1.29, 1.82) is 0 Å². The Balaban J connectivity index is 1.69. The molecule has 5 aromatic heterocycles.